The Morgan fingerprint density at radius 1 is 0.931 bits per heavy atom. The summed E-state index contributed by atoms with van der Waals surface area (Å²) in [4.78, 5) is 29.0. The van der Waals surface area contributed by atoms with E-state index >= 15 is 0 Å². The molecule has 1 saturated heterocycles. The van der Waals surface area contributed by atoms with E-state index in [0.717, 1.165) is 37.7 Å². The van der Waals surface area contributed by atoms with Gasteiger partial charge in [0, 0.05) is 53.7 Å². The fourth-order valence-corrected chi connectivity index (χ4v) is 3.95. The summed E-state index contributed by atoms with van der Waals surface area (Å²) in [6, 6.07) is 17.0. The molecule has 0 amide bonds. The molecule has 1 fully saturated rings. The first kappa shape index (κ1) is 20.6. The van der Waals surface area contributed by atoms with Crippen LogP contribution in [0.1, 0.15) is 5.56 Å². The highest BCUT2D eigenvalue weighted by Crippen LogP contribution is 2.40. The molecule has 0 unspecified atom stereocenters. The number of piperazine rings is 1. The molecule has 0 radical (unpaired) electrons. The summed E-state index contributed by atoms with van der Waals surface area (Å²) in [5.41, 5.74) is 2.33. The molecule has 2 aromatic rings. The van der Waals surface area contributed by atoms with Crippen molar-refractivity contribution >= 4 is 35.2 Å². The van der Waals surface area contributed by atoms with Crippen LogP contribution < -0.4 is 5.32 Å². The Bertz CT molecular complexity index is 936. The predicted molar refractivity (Wildman–Crippen MR) is 112 cm³/mol. The van der Waals surface area contributed by atoms with Gasteiger partial charge in [-0.1, -0.05) is 42.1 Å². The molecule has 29 heavy (non-hydrogen) atoms. The van der Waals surface area contributed by atoms with E-state index in [4.69, 9.17) is 15.2 Å². The number of hydrogen-bond acceptors (Lipinski definition) is 6. The van der Waals surface area contributed by atoms with Crippen molar-refractivity contribution in [3.63, 3.8) is 0 Å². The lowest BCUT2D eigenvalue weighted by molar-refractivity contribution is -0.134. The monoisotopic (exact) mass is 411 g/mol. The van der Waals surface area contributed by atoms with Gasteiger partial charge < -0.3 is 20.4 Å². The summed E-state index contributed by atoms with van der Waals surface area (Å²) in [6.45, 7) is 4.08. The largest absolute Gasteiger partial charge is 0.478 e. The average Bonchev–Trinajstić information content (AvgIpc) is 2.90. The zero-order valence-electron chi connectivity index (χ0n) is 15.6. The molecule has 8 heteroatoms. The maximum atomic E-state index is 9.55. The van der Waals surface area contributed by atoms with Gasteiger partial charge >= 0.3 is 11.9 Å². The molecule has 2 aromatic carbocycles. The van der Waals surface area contributed by atoms with Crippen molar-refractivity contribution in [2.24, 2.45) is 4.99 Å². The van der Waals surface area contributed by atoms with Gasteiger partial charge in [0.05, 0.1) is 5.69 Å². The summed E-state index contributed by atoms with van der Waals surface area (Å²) < 4.78 is 0. The Morgan fingerprint density at radius 3 is 2.17 bits per heavy atom. The van der Waals surface area contributed by atoms with Gasteiger partial charge in [0.2, 0.25) is 0 Å². The Labute approximate surface area is 172 Å². The fraction of sp³-hybridized carbons (Fsp3) is 0.190. The zero-order chi connectivity index (χ0) is 20.6. The summed E-state index contributed by atoms with van der Waals surface area (Å²) in [5, 5.41) is 19.0. The number of nitrogens with zero attached hydrogens (tertiary/aromatic N) is 2. The number of hydrogen-bond donors (Lipinski definition) is 3. The van der Waals surface area contributed by atoms with Crippen molar-refractivity contribution in [2.75, 3.05) is 26.2 Å². The summed E-state index contributed by atoms with van der Waals surface area (Å²) in [5.74, 6) is -1.40. The maximum absolute atomic E-state index is 9.55. The van der Waals surface area contributed by atoms with Crippen LogP contribution in [0.4, 0.5) is 5.69 Å². The standard InChI is InChI=1S/C17H17N3S.C4H4O4/c1-3-7-15-13(5-1)17(20-11-9-18-10-12-20)19-14-6-2-4-8-16(14)21-15;5-3(6)1-2-4(7)8/h1-8,18H,9-12H2;1-2H,(H,5,6)(H,7,8)/b;2-1+. The topological polar surface area (TPSA) is 102 Å². The molecule has 3 N–H and O–H groups in total. The second-order valence-electron chi connectivity index (χ2n) is 6.25. The molecular formula is C21H21N3O4S. The van der Waals surface area contributed by atoms with Crippen LogP contribution in [0.3, 0.4) is 0 Å². The molecule has 0 saturated carbocycles. The van der Waals surface area contributed by atoms with Crippen LogP contribution in [0, 0.1) is 0 Å². The molecule has 4 rings (SSSR count). The number of fused-ring (bicyclic) bond motifs is 2. The molecule has 0 atom stereocenters. The minimum Gasteiger partial charge on any atom is -0.478 e. The van der Waals surface area contributed by atoms with Crippen LogP contribution in [0.5, 0.6) is 0 Å². The number of rotatable bonds is 2. The summed E-state index contributed by atoms with van der Waals surface area (Å²) >= 11 is 1.81. The van der Waals surface area contributed by atoms with Gasteiger partial charge in [0.1, 0.15) is 5.84 Å². The highest BCUT2D eigenvalue weighted by Gasteiger charge is 2.22. The molecule has 2 aliphatic heterocycles. The SMILES string of the molecule is O=C(O)/C=C/C(=O)O.c1ccc2c(c1)N=C(N1CCNCC1)c1ccccc1S2. The second kappa shape index (κ2) is 9.90. The van der Waals surface area contributed by atoms with Crippen molar-refractivity contribution in [1.82, 2.24) is 10.2 Å². The first-order valence-electron chi connectivity index (χ1n) is 9.09. The molecule has 0 bridgehead atoms. The second-order valence-corrected chi connectivity index (χ2v) is 7.33. The summed E-state index contributed by atoms with van der Waals surface area (Å²) in [6.07, 6.45) is 1.12. The van der Waals surface area contributed by atoms with E-state index in [1.807, 2.05) is 11.8 Å². The molecule has 2 aliphatic rings. The van der Waals surface area contributed by atoms with Crippen molar-refractivity contribution in [3.05, 3.63) is 66.2 Å². The minimum atomic E-state index is -1.26. The number of benzene rings is 2. The van der Waals surface area contributed by atoms with Crippen molar-refractivity contribution in [2.45, 2.75) is 9.79 Å². The smallest absolute Gasteiger partial charge is 0.328 e. The van der Waals surface area contributed by atoms with Crippen LogP contribution in [-0.4, -0.2) is 59.1 Å². The summed E-state index contributed by atoms with van der Waals surface area (Å²) in [7, 11) is 0. The van der Waals surface area contributed by atoms with E-state index in [2.05, 4.69) is 58.7 Å². The van der Waals surface area contributed by atoms with Crippen molar-refractivity contribution in [3.8, 4) is 0 Å². The number of carboxylic acid groups (broad SMARTS) is 2. The van der Waals surface area contributed by atoms with Crippen LogP contribution in [0.2, 0.25) is 0 Å². The number of carboxylic acids is 2. The fourth-order valence-electron chi connectivity index (χ4n) is 2.93. The highest BCUT2D eigenvalue weighted by molar-refractivity contribution is 7.99. The van der Waals surface area contributed by atoms with Gasteiger partial charge in [-0.25, -0.2) is 14.6 Å². The van der Waals surface area contributed by atoms with E-state index in [1.165, 1.54) is 15.4 Å². The van der Waals surface area contributed by atoms with Crippen LogP contribution in [-0.2, 0) is 9.59 Å². The Kier molecular flexibility index (Phi) is 7.04. The number of amidine groups is 1. The van der Waals surface area contributed by atoms with Gasteiger partial charge in [-0.05, 0) is 18.2 Å². The van der Waals surface area contributed by atoms with Gasteiger partial charge in [-0.15, -0.1) is 0 Å². The average molecular weight is 411 g/mol. The number of carbonyl (C=O) groups is 2. The molecule has 0 spiro atoms. The maximum Gasteiger partial charge on any atom is 0.328 e. The van der Waals surface area contributed by atoms with Gasteiger partial charge in [0.15, 0.2) is 0 Å². The Balaban J connectivity index is 0.000000258. The third-order valence-electron chi connectivity index (χ3n) is 4.22. The normalized spacial score (nSPS) is 15.3. The number of nitrogens with one attached hydrogen (secondary N) is 1. The first-order chi connectivity index (χ1) is 14.0. The van der Waals surface area contributed by atoms with Crippen LogP contribution >= 0.6 is 11.8 Å². The van der Waals surface area contributed by atoms with E-state index < -0.39 is 11.9 Å². The van der Waals surface area contributed by atoms with Gasteiger partial charge in [-0.3, -0.25) is 0 Å². The van der Waals surface area contributed by atoms with Crippen LogP contribution in [0.25, 0.3) is 0 Å². The lowest BCUT2D eigenvalue weighted by Crippen LogP contribution is -2.46. The molecule has 2 heterocycles. The number of aliphatic imine (C=N–C) groups is 1. The molecule has 7 nitrogen and oxygen atoms in total. The first-order valence-corrected chi connectivity index (χ1v) is 9.91. The minimum absolute atomic E-state index is 0.558. The number of para-hydroxylation sites is 1. The van der Waals surface area contributed by atoms with E-state index in [9.17, 15) is 9.59 Å². The van der Waals surface area contributed by atoms with E-state index in [0.29, 0.717) is 12.2 Å². The molecule has 150 valence electrons. The number of aliphatic carboxylic acids is 2. The molecule has 0 aliphatic carbocycles. The lowest BCUT2D eigenvalue weighted by Gasteiger charge is -2.30. The van der Waals surface area contributed by atoms with Gasteiger partial charge in [-0.2, -0.15) is 0 Å². The highest BCUT2D eigenvalue weighted by atomic mass is 32.2. The third-order valence-corrected chi connectivity index (χ3v) is 5.37. The third kappa shape index (κ3) is 5.69. The van der Waals surface area contributed by atoms with Crippen molar-refractivity contribution < 1.29 is 19.8 Å². The zero-order valence-corrected chi connectivity index (χ0v) is 16.4. The Morgan fingerprint density at radius 2 is 1.52 bits per heavy atom. The van der Waals surface area contributed by atoms with E-state index in [1.54, 1.807) is 0 Å². The molecular weight excluding hydrogens is 390 g/mol. The van der Waals surface area contributed by atoms with Crippen LogP contribution in [0.15, 0.2) is 75.5 Å². The van der Waals surface area contributed by atoms with E-state index in [-0.39, 0.29) is 0 Å². The predicted octanol–water partition coefficient (Wildman–Crippen LogP) is 2.85. The Hall–Kier alpha value is -3.10. The van der Waals surface area contributed by atoms with Gasteiger partial charge in [0.25, 0.3) is 0 Å². The van der Waals surface area contributed by atoms with Crippen molar-refractivity contribution in [1.29, 1.82) is 0 Å². The molecule has 0 aromatic heterocycles. The quantitative estimate of drug-likeness (QED) is 0.653. The lowest BCUT2D eigenvalue weighted by atomic mass is 10.1.